The monoisotopic (exact) mass is 390 g/mol. The van der Waals surface area contributed by atoms with Gasteiger partial charge in [0.1, 0.15) is 12.4 Å². The average Bonchev–Trinajstić information content (AvgIpc) is 3.09. The molecule has 29 heavy (non-hydrogen) atoms. The van der Waals surface area contributed by atoms with Crippen LogP contribution in [0.2, 0.25) is 0 Å². The van der Waals surface area contributed by atoms with E-state index in [1.165, 1.54) is 0 Å². The maximum absolute atomic E-state index is 11.1. The molecule has 1 aromatic heterocycles. The van der Waals surface area contributed by atoms with Gasteiger partial charge in [0.15, 0.2) is 0 Å². The second kappa shape index (κ2) is 9.29. The van der Waals surface area contributed by atoms with Gasteiger partial charge in [-0.2, -0.15) is 5.10 Å². The van der Waals surface area contributed by atoms with Gasteiger partial charge in [-0.3, -0.25) is 9.48 Å². The summed E-state index contributed by atoms with van der Waals surface area (Å²) in [7, 11) is 0. The molecule has 0 saturated carbocycles. The van der Waals surface area contributed by atoms with E-state index in [9.17, 15) is 4.79 Å². The molecule has 1 heterocycles. The number of aliphatic carboxylic acids is 1. The number of carboxylic acids is 1. The fourth-order valence-corrected chi connectivity index (χ4v) is 3.34. The maximum atomic E-state index is 11.1. The van der Waals surface area contributed by atoms with Crippen LogP contribution in [-0.4, -0.2) is 20.9 Å². The minimum absolute atomic E-state index is 0.0105. The first-order valence-electron chi connectivity index (χ1n) is 9.78. The molecular formula is C24H26N2O3. The van der Waals surface area contributed by atoms with Crippen molar-refractivity contribution in [3.63, 3.8) is 0 Å². The van der Waals surface area contributed by atoms with Crippen molar-refractivity contribution < 1.29 is 14.6 Å². The summed E-state index contributed by atoms with van der Waals surface area (Å²) < 4.78 is 8.01. The molecule has 1 N–H and O–H groups in total. The Morgan fingerprint density at radius 2 is 1.97 bits per heavy atom. The van der Waals surface area contributed by atoms with Gasteiger partial charge < -0.3 is 9.84 Å². The highest BCUT2D eigenvalue weighted by Gasteiger charge is 2.13. The normalized spacial score (nSPS) is 11.9. The van der Waals surface area contributed by atoms with E-state index in [4.69, 9.17) is 9.84 Å². The van der Waals surface area contributed by atoms with Gasteiger partial charge in [-0.25, -0.2) is 0 Å². The Hall–Kier alpha value is -3.26. The summed E-state index contributed by atoms with van der Waals surface area (Å²) in [4.78, 5) is 11.1. The highest BCUT2D eigenvalue weighted by Crippen LogP contribution is 2.24. The van der Waals surface area contributed by atoms with Crippen LogP contribution in [0.1, 0.15) is 44.2 Å². The molecule has 5 heteroatoms. The molecule has 5 nitrogen and oxygen atoms in total. The lowest BCUT2D eigenvalue weighted by Gasteiger charge is -2.11. The number of aromatic nitrogens is 2. The number of hydrogen-bond acceptors (Lipinski definition) is 3. The molecule has 0 spiro atoms. The zero-order chi connectivity index (χ0) is 20.8. The zero-order valence-electron chi connectivity index (χ0n) is 17.1. The van der Waals surface area contributed by atoms with Crippen LogP contribution in [0.3, 0.4) is 0 Å². The van der Waals surface area contributed by atoms with Crippen molar-refractivity contribution in [1.29, 1.82) is 0 Å². The fourth-order valence-electron chi connectivity index (χ4n) is 3.34. The molecule has 2 aromatic carbocycles. The minimum Gasteiger partial charge on any atom is -0.489 e. The third kappa shape index (κ3) is 5.17. The van der Waals surface area contributed by atoms with Crippen LogP contribution in [0.4, 0.5) is 0 Å². The van der Waals surface area contributed by atoms with Crippen LogP contribution in [0.5, 0.6) is 5.75 Å². The number of nitrogens with zero attached hydrogens (tertiary/aromatic N) is 2. The molecule has 0 aliphatic carbocycles. The molecule has 150 valence electrons. The van der Waals surface area contributed by atoms with Gasteiger partial charge in [-0.1, -0.05) is 44.0 Å². The topological polar surface area (TPSA) is 64.3 Å². The number of rotatable bonds is 8. The predicted octanol–water partition coefficient (Wildman–Crippen LogP) is 4.85. The van der Waals surface area contributed by atoms with E-state index in [0.29, 0.717) is 12.5 Å². The molecule has 0 aliphatic heterocycles. The lowest BCUT2D eigenvalue weighted by atomic mass is 9.96. The van der Waals surface area contributed by atoms with Gasteiger partial charge in [-0.05, 0) is 36.6 Å². The molecule has 0 radical (unpaired) electrons. The third-order valence-electron chi connectivity index (χ3n) is 4.69. The smallest absolute Gasteiger partial charge is 0.304 e. The van der Waals surface area contributed by atoms with Crippen molar-refractivity contribution in [3.05, 3.63) is 59.8 Å². The Bertz CT molecular complexity index is 1040. The van der Waals surface area contributed by atoms with E-state index in [0.717, 1.165) is 34.3 Å². The molecular weight excluding hydrogens is 364 g/mol. The molecule has 0 aliphatic rings. The largest absolute Gasteiger partial charge is 0.489 e. The van der Waals surface area contributed by atoms with Crippen LogP contribution in [0.15, 0.2) is 48.7 Å². The van der Waals surface area contributed by atoms with Crippen LogP contribution in [-0.2, 0) is 17.9 Å². The molecule has 0 bridgehead atoms. The summed E-state index contributed by atoms with van der Waals surface area (Å²) in [5, 5.41) is 14.7. The van der Waals surface area contributed by atoms with Crippen molar-refractivity contribution in [3.8, 4) is 17.6 Å². The van der Waals surface area contributed by atoms with Crippen LogP contribution in [0.25, 0.3) is 10.9 Å². The van der Waals surface area contributed by atoms with E-state index in [2.05, 4.69) is 42.9 Å². The Labute approximate surface area is 171 Å². The first-order valence-corrected chi connectivity index (χ1v) is 9.78. The summed E-state index contributed by atoms with van der Waals surface area (Å²) in [6.45, 7) is 7.40. The fraction of sp³-hybridized carbons (Fsp3) is 0.333. The Morgan fingerprint density at radius 1 is 1.21 bits per heavy atom. The quantitative estimate of drug-likeness (QED) is 0.558. The summed E-state index contributed by atoms with van der Waals surface area (Å²) >= 11 is 0. The number of carboxylic acid groups (broad SMARTS) is 1. The second-order valence-corrected chi connectivity index (χ2v) is 7.47. The van der Waals surface area contributed by atoms with E-state index < -0.39 is 5.97 Å². The van der Waals surface area contributed by atoms with Gasteiger partial charge in [-0.15, -0.1) is 5.92 Å². The predicted molar refractivity (Wildman–Crippen MR) is 114 cm³/mol. The molecule has 0 amide bonds. The molecule has 0 unspecified atom stereocenters. The first kappa shape index (κ1) is 20.5. The standard InChI is InChI=1S/C24H26N2O3/c1-4-6-19(13-24(27)28)18-9-11-21(12-10-18)29-16-20-7-5-8-23-22(20)14-25-26(23)15-17(2)3/h5,7-12,14,17,19H,13,15-16H2,1-3H3,(H,27,28)/t19-/m0/s1. The van der Waals surface area contributed by atoms with Gasteiger partial charge in [0.25, 0.3) is 0 Å². The van der Waals surface area contributed by atoms with Crippen LogP contribution in [0, 0.1) is 17.8 Å². The van der Waals surface area contributed by atoms with E-state index in [1.807, 2.05) is 41.2 Å². The number of fused-ring (bicyclic) bond motifs is 1. The summed E-state index contributed by atoms with van der Waals surface area (Å²) in [6.07, 6.45) is 1.89. The van der Waals surface area contributed by atoms with Gasteiger partial charge in [0.05, 0.1) is 24.1 Å². The molecule has 1 atom stereocenters. The van der Waals surface area contributed by atoms with Gasteiger partial charge in [0.2, 0.25) is 0 Å². The number of carbonyl (C=O) groups is 1. The van der Waals surface area contributed by atoms with Gasteiger partial charge in [0, 0.05) is 17.5 Å². The Balaban J connectivity index is 1.72. The van der Waals surface area contributed by atoms with Crippen molar-refractivity contribution in [1.82, 2.24) is 9.78 Å². The van der Waals surface area contributed by atoms with Gasteiger partial charge >= 0.3 is 5.97 Å². The summed E-state index contributed by atoms with van der Waals surface area (Å²) in [5.41, 5.74) is 3.08. The van der Waals surface area contributed by atoms with Crippen molar-refractivity contribution >= 4 is 16.9 Å². The molecule has 0 fully saturated rings. The first-order chi connectivity index (χ1) is 14.0. The third-order valence-corrected chi connectivity index (χ3v) is 4.69. The summed E-state index contributed by atoms with van der Waals surface area (Å²) in [6, 6.07) is 13.7. The average molecular weight is 390 g/mol. The maximum Gasteiger partial charge on any atom is 0.304 e. The number of hydrogen-bond donors (Lipinski definition) is 1. The second-order valence-electron chi connectivity index (χ2n) is 7.47. The Morgan fingerprint density at radius 3 is 2.62 bits per heavy atom. The molecule has 3 aromatic rings. The lowest BCUT2D eigenvalue weighted by molar-refractivity contribution is -0.137. The highest BCUT2D eigenvalue weighted by molar-refractivity contribution is 5.82. The lowest BCUT2D eigenvalue weighted by Crippen LogP contribution is -2.05. The summed E-state index contributed by atoms with van der Waals surface area (Å²) in [5.74, 6) is 5.87. The van der Waals surface area contributed by atoms with E-state index in [1.54, 1.807) is 6.92 Å². The molecule has 0 saturated heterocycles. The van der Waals surface area contributed by atoms with E-state index in [-0.39, 0.29) is 12.3 Å². The van der Waals surface area contributed by atoms with E-state index >= 15 is 0 Å². The minimum atomic E-state index is -0.857. The van der Waals surface area contributed by atoms with Crippen LogP contribution >= 0.6 is 0 Å². The number of ether oxygens (including phenoxy) is 1. The SMILES string of the molecule is CC#C[C@@H](CC(=O)O)c1ccc(OCc2cccc3c2cnn3CC(C)C)cc1. The van der Waals surface area contributed by atoms with Crippen LogP contribution < -0.4 is 4.74 Å². The highest BCUT2D eigenvalue weighted by atomic mass is 16.5. The zero-order valence-corrected chi connectivity index (χ0v) is 17.1. The Kier molecular flexibility index (Phi) is 6.56. The van der Waals surface area contributed by atoms with Crippen molar-refractivity contribution in [2.24, 2.45) is 5.92 Å². The molecule has 3 rings (SSSR count). The van der Waals surface area contributed by atoms with Crippen molar-refractivity contribution in [2.45, 2.75) is 46.3 Å². The number of benzene rings is 2. The van der Waals surface area contributed by atoms with Crippen molar-refractivity contribution in [2.75, 3.05) is 0 Å².